The maximum absolute atomic E-state index is 11.7. The van der Waals surface area contributed by atoms with Gasteiger partial charge in [0.2, 0.25) is 23.7 Å². The van der Waals surface area contributed by atoms with Crippen LogP contribution in [0.25, 0.3) is 44.1 Å². The van der Waals surface area contributed by atoms with Crippen LogP contribution in [0.1, 0.15) is 0 Å². The summed E-state index contributed by atoms with van der Waals surface area (Å²) in [5.41, 5.74) is 10.7. The van der Waals surface area contributed by atoms with Gasteiger partial charge in [-0.15, -0.1) is 0 Å². The molecule has 0 aliphatic carbocycles. The van der Waals surface area contributed by atoms with Crippen molar-refractivity contribution in [1.82, 2.24) is 29.7 Å². The van der Waals surface area contributed by atoms with Crippen molar-refractivity contribution >= 4 is 85.7 Å². The smallest absolute Gasteiger partial charge is 0.409 e. The second-order valence-corrected chi connectivity index (χ2v) is 18.0. The molecule has 0 saturated carbocycles. The molecule has 2 aromatic heterocycles. The number of ether oxygens (including phenoxy) is 1. The number of carbonyl (C=O) groups is 3. The molecule has 17 nitrogen and oxygen atoms in total. The minimum Gasteiger partial charge on any atom is -0.453 e. The van der Waals surface area contributed by atoms with Gasteiger partial charge in [0, 0.05) is 114 Å². The van der Waals surface area contributed by atoms with Gasteiger partial charge in [0.05, 0.1) is 30.8 Å². The van der Waals surface area contributed by atoms with Crippen molar-refractivity contribution in [2.75, 3.05) is 97.6 Å². The van der Waals surface area contributed by atoms with E-state index in [1.807, 2.05) is 128 Å². The van der Waals surface area contributed by atoms with E-state index in [9.17, 15) is 19.5 Å². The van der Waals surface area contributed by atoms with Gasteiger partial charge in [0.15, 0.2) is 0 Å². The van der Waals surface area contributed by atoms with E-state index in [2.05, 4.69) is 78.3 Å². The van der Waals surface area contributed by atoms with Crippen LogP contribution >= 0.6 is 0 Å². The van der Waals surface area contributed by atoms with E-state index in [0.29, 0.717) is 36.4 Å². The van der Waals surface area contributed by atoms with Gasteiger partial charge in [0.25, 0.3) is 0 Å². The number of carbonyl (C=O) groups excluding carboxylic acids is 3. The summed E-state index contributed by atoms with van der Waals surface area (Å²) >= 11 is 0. The van der Waals surface area contributed by atoms with Gasteiger partial charge >= 0.3 is 6.09 Å². The predicted molar refractivity (Wildman–Crippen MR) is 299 cm³/mol. The number of rotatable bonds is 13. The van der Waals surface area contributed by atoms with Crippen molar-refractivity contribution in [2.24, 2.45) is 0 Å². The largest absolute Gasteiger partial charge is 0.453 e. The Hall–Kier alpha value is -9.19. The number of methoxy groups -OCH3 is 1. The fourth-order valence-electron chi connectivity index (χ4n) is 9.04. The van der Waals surface area contributed by atoms with Gasteiger partial charge in [-0.25, -0.2) is 24.7 Å². The Bertz CT molecular complexity index is 3350. The van der Waals surface area contributed by atoms with Gasteiger partial charge in [-0.2, -0.15) is 0 Å². The number of aliphatic hydroxyl groups is 1. The first kappa shape index (κ1) is 50.7. The van der Waals surface area contributed by atoms with Gasteiger partial charge in [-0.3, -0.25) is 14.5 Å². The standard InChI is InChI=1S/C29H28N6O3.C29H30N6O2/c1-3-26(36)31-23-8-4-6-20(18-23)25-9-5-7-21-19-30-28(33-27(21)25)32-22-10-12-24(13-11-22)34-14-16-35(17-15-34)29(37)38-2;1-3-27(37)31-23-8-4-6-20(16-23)26-9-5-7-21-17-30-29(33-28(21)26)32-22-10-12-24(13-11-22)35-15-14-34(2)25(18-35)19-36/h3-13,18-19H,1,14-17H2,2H3,(H,31,36)(H,30,32,33);3-13,16-17,25,36H,1,14-15,18-19H2,2H3,(H,31,37)(H,30,32,33). The van der Waals surface area contributed by atoms with Gasteiger partial charge in [-0.05, 0) is 103 Å². The minimum atomic E-state index is -0.282. The highest BCUT2D eigenvalue weighted by molar-refractivity contribution is 6.01. The lowest BCUT2D eigenvalue weighted by Gasteiger charge is -2.39. The molecule has 3 amide bonds. The monoisotopic (exact) mass is 1000 g/mol. The minimum absolute atomic E-state index is 0.144. The van der Waals surface area contributed by atoms with Crippen LogP contribution in [0.3, 0.4) is 0 Å². The Balaban J connectivity index is 0.000000184. The molecule has 5 N–H and O–H groups in total. The average molecular weight is 1000 g/mol. The van der Waals surface area contributed by atoms with Crippen molar-refractivity contribution in [2.45, 2.75) is 6.04 Å². The first-order valence-corrected chi connectivity index (χ1v) is 24.6. The predicted octanol–water partition coefficient (Wildman–Crippen LogP) is 9.33. The number of likely N-dealkylation sites (N-methyl/N-ethyl adjacent to an activating group) is 1. The SMILES string of the molecule is C=CC(=O)Nc1cccc(-c2cccc3cnc(Nc4ccc(N5CCN(C(=O)OC)CC5)cc4)nc23)c1.C=CC(=O)Nc1cccc(-c2cccc3cnc(Nc4ccc(N5CCN(C)C(CO)C5)cc4)nc23)c1. The summed E-state index contributed by atoms with van der Waals surface area (Å²) in [5.74, 6) is 0.475. The normalized spacial score (nSPS) is 14.5. The van der Waals surface area contributed by atoms with Crippen LogP contribution in [0.4, 0.5) is 50.8 Å². The third kappa shape index (κ3) is 12.4. The lowest BCUT2D eigenvalue weighted by molar-refractivity contribution is -0.112. The summed E-state index contributed by atoms with van der Waals surface area (Å²) in [6.45, 7) is 12.6. The molecular weight excluding hydrogens is 945 g/mol. The van der Waals surface area contributed by atoms with E-state index in [4.69, 9.17) is 14.7 Å². The zero-order valence-corrected chi connectivity index (χ0v) is 41.8. The van der Waals surface area contributed by atoms with Crippen LogP contribution in [0.2, 0.25) is 0 Å². The summed E-state index contributed by atoms with van der Waals surface area (Å²) in [7, 11) is 3.46. The molecule has 380 valence electrons. The number of hydrogen-bond donors (Lipinski definition) is 5. The lowest BCUT2D eigenvalue weighted by atomic mass is 10.0. The molecule has 0 radical (unpaired) electrons. The molecule has 2 saturated heterocycles. The highest BCUT2D eigenvalue weighted by Gasteiger charge is 2.24. The quantitative estimate of drug-likeness (QED) is 0.0686. The van der Waals surface area contributed by atoms with Crippen LogP contribution in [-0.2, 0) is 14.3 Å². The van der Waals surface area contributed by atoms with Crippen LogP contribution in [0, 0.1) is 0 Å². The summed E-state index contributed by atoms with van der Waals surface area (Å²) < 4.78 is 4.82. The van der Waals surface area contributed by atoms with Crippen molar-refractivity contribution in [3.63, 3.8) is 0 Å². The van der Waals surface area contributed by atoms with Crippen LogP contribution < -0.4 is 31.1 Å². The fourth-order valence-corrected chi connectivity index (χ4v) is 9.04. The molecule has 17 heteroatoms. The van der Waals surface area contributed by atoms with Gasteiger partial charge < -0.3 is 45.8 Å². The molecule has 1 unspecified atom stereocenters. The molecule has 10 rings (SSSR count). The first-order valence-electron chi connectivity index (χ1n) is 24.6. The van der Waals surface area contributed by atoms with Crippen molar-refractivity contribution in [3.05, 3.63) is 171 Å². The van der Waals surface area contributed by atoms with E-state index >= 15 is 0 Å². The zero-order valence-electron chi connectivity index (χ0n) is 41.8. The molecule has 4 heterocycles. The number of aliphatic hydroxyl groups excluding tert-OH is 1. The number of hydrogen-bond acceptors (Lipinski definition) is 14. The Morgan fingerprint density at radius 3 is 1.55 bits per heavy atom. The number of aromatic nitrogens is 4. The van der Waals surface area contributed by atoms with Gasteiger partial charge in [-0.1, -0.05) is 73.8 Å². The summed E-state index contributed by atoms with van der Waals surface area (Å²) in [5, 5.41) is 23.7. The van der Waals surface area contributed by atoms with Crippen LogP contribution in [0.5, 0.6) is 0 Å². The molecule has 2 aliphatic heterocycles. The number of nitrogens with zero attached hydrogens (tertiary/aromatic N) is 8. The number of fused-ring (bicyclic) bond motifs is 2. The molecule has 1 atom stereocenters. The number of nitrogens with one attached hydrogen (secondary N) is 4. The maximum Gasteiger partial charge on any atom is 0.409 e. The molecule has 0 bridgehead atoms. The van der Waals surface area contributed by atoms with E-state index in [1.54, 1.807) is 11.1 Å². The van der Waals surface area contributed by atoms with Gasteiger partial charge in [0.1, 0.15) is 0 Å². The number of anilines is 8. The van der Waals surface area contributed by atoms with E-state index in [0.717, 1.165) is 99.5 Å². The van der Waals surface area contributed by atoms with E-state index in [1.165, 1.54) is 19.3 Å². The fraction of sp³-hybridized carbons (Fsp3) is 0.190. The number of amides is 3. The van der Waals surface area contributed by atoms with Crippen molar-refractivity contribution in [1.29, 1.82) is 0 Å². The number of para-hydroxylation sites is 2. The molecular formula is C58H58N12O5. The topological polar surface area (TPSA) is 193 Å². The lowest BCUT2D eigenvalue weighted by Crippen LogP contribution is -2.53. The van der Waals surface area contributed by atoms with Crippen molar-refractivity contribution < 1.29 is 24.2 Å². The summed E-state index contributed by atoms with van der Waals surface area (Å²) in [4.78, 5) is 62.3. The highest BCUT2D eigenvalue weighted by Crippen LogP contribution is 2.32. The maximum atomic E-state index is 11.7. The molecule has 2 fully saturated rings. The van der Waals surface area contributed by atoms with Crippen LogP contribution in [-0.4, -0.2) is 125 Å². The third-order valence-electron chi connectivity index (χ3n) is 13.2. The second kappa shape index (κ2) is 23.6. The van der Waals surface area contributed by atoms with Crippen molar-refractivity contribution in [3.8, 4) is 22.3 Å². The Morgan fingerprint density at radius 2 is 1.08 bits per heavy atom. The molecule has 0 spiro atoms. The Labute approximate surface area is 435 Å². The summed E-state index contributed by atoms with van der Waals surface area (Å²) in [6, 6.07) is 43.6. The Morgan fingerprint density at radius 1 is 0.613 bits per heavy atom. The summed E-state index contributed by atoms with van der Waals surface area (Å²) in [6.07, 6.45) is 5.82. The highest BCUT2D eigenvalue weighted by atomic mass is 16.5. The van der Waals surface area contributed by atoms with Crippen LogP contribution in [0.15, 0.2) is 171 Å². The second-order valence-electron chi connectivity index (χ2n) is 18.0. The molecule has 2 aliphatic rings. The van der Waals surface area contributed by atoms with E-state index < -0.39 is 0 Å². The Kier molecular flexibility index (Phi) is 15.9. The third-order valence-corrected chi connectivity index (χ3v) is 13.2. The zero-order chi connectivity index (χ0) is 52.3. The number of piperazine rings is 2. The average Bonchev–Trinajstić information content (AvgIpc) is 3.45. The molecule has 6 aromatic carbocycles. The number of benzene rings is 6. The molecule has 8 aromatic rings. The van der Waals surface area contributed by atoms with E-state index in [-0.39, 0.29) is 30.6 Å². The first-order chi connectivity index (χ1) is 36.6. The molecule has 75 heavy (non-hydrogen) atoms.